The lowest BCUT2D eigenvalue weighted by atomic mass is 10.3. The quantitative estimate of drug-likeness (QED) is 0.866. The smallest absolute Gasteiger partial charge is 0.344 e. The van der Waals surface area contributed by atoms with Gasteiger partial charge in [-0.05, 0) is 6.92 Å². The highest BCUT2D eigenvalue weighted by Crippen LogP contribution is 2.36. The van der Waals surface area contributed by atoms with Crippen LogP contribution in [0.3, 0.4) is 0 Å². The Bertz CT molecular complexity index is 369. The molecule has 1 atom stereocenters. The molecule has 0 fully saturated rings. The first-order chi connectivity index (χ1) is 6.91. The lowest BCUT2D eigenvalue weighted by Crippen LogP contribution is -2.23. The average Bonchev–Trinajstić information content (AvgIpc) is 2.10. The summed E-state index contributed by atoms with van der Waals surface area (Å²) in [4.78, 5) is 10.5. The number of phenolic OH excluding ortho intramolecular Hbond substituents is 1. The maximum Gasteiger partial charge on any atom is 0.344 e. The Hall–Kier alpha value is -1.13. The van der Waals surface area contributed by atoms with Crippen LogP contribution in [0.15, 0.2) is 12.1 Å². The highest BCUT2D eigenvalue weighted by Gasteiger charge is 2.17. The van der Waals surface area contributed by atoms with Gasteiger partial charge in [-0.1, -0.05) is 23.2 Å². The van der Waals surface area contributed by atoms with Gasteiger partial charge in [0.05, 0.1) is 10.0 Å². The summed E-state index contributed by atoms with van der Waals surface area (Å²) < 4.78 is 5.02. The van der Waals surface area contributed by atoms with Crippen LogP contribution in [-0.2, 0) is 4.79 Å². The number of benzene rings is 1. The third-order valence-electron chi connectivity index (χ3n) is 1.63. The van der Waals surface area contributed by atoms with Crippen LogP contribution in [-0.4, -0.2) is 22.3 Å². The highest BCUT2D eigenvalue weighted by molar-refractivity contribution is 6.37. The number of ether oxygens (including phenoxy) is 1. The number of carboxylic acids is 1. The Balaban J connectivity index is 3.00. The van der Waals surface area contributed by atoms with Gasteiger partial charge in [-0.15, -0.1) is 0 Å². The molecule has 0 amide bonds. The molecule has 0 saturated heterocycles. The average molecular weight is 251 g/mol. The molecule has 4 nitrogen and oxygen atoms in total. The standard InChI is InChI=1S/C9H8Cl2O4/c1-4(9(13)14)15-8-6(10)2-5(12)3-7(8)11/h2-4,12H,1H3,(H,13,14). The minimum Gasteiger partial charge on any atom is -0.508 e. The summed E-state index contributed by atoms with van der Waals surface area (Å²) in [6.07, 6.45) is -1.07. The fourth-order valence-electron chi connectivity index (χ4n) is 0.886. The van der Waals surface area contributed by atoms with Crippen LogP contribution in [0.1, 0.15) is 6.92 Å². The summed E-state index contributed by atoms with van der Waals surface area (Å²) >= 11 is 11.4. The molecule has 0 saturated carbocycles. The van der Waals surface area contributed by atoms with Gasteiger partial charge in [0.15, 0.2) is 11.9 Å². The zero-order valence-corrected chi connectivity index (χ0v) is 9.21. The molecular weight excluding hydrogens is 243 g/mol. The van der Waals surface area contributed by atoms with E-state index in [4.69, 9.17) is 38.2 Å². The fourth-order valence-corrected chi connectivity index (χ4v) is 1.45. The van der Waals surface area contributed by atoms with Gasteiger partial charge in [0.25, 0.3) is 0 Å². The van der Waals surface area contributed by atoms with Crippen molar-refractivity contribution in [1.82, 2.24) is 0 Å². The van der Waals surface area contributed by atoms with E-state index >= 15 is 0 Å². The molecule has 2 N–H and O–H groups in total. The number of aliphatic carboxylic acids is 1. The monoisotopic (exact) mass is 250 g/mol. The van der Waals surface area contributed by atoms with Crippen molar-refractivity contribution >= 4 is 29.2 Å². The van der Waals surface area contributed by atoms with Crippen molar-refractivity contribution in [3.05, 3.63) is 22.2 Å². The summed E-state index contributed by atoms with van der Waals surface area (Å²) in [5.74, 6) is -1.19. The molecule has 0 aromatic heterocycles. The van der Waals surface area contributed by atoms with Gasteiger partial charge >= 0.3 is 5.97 Å². The largest absolute Gasteiger partial charge is 0.508 e. The normalized spacial score (nSPS) is 12.2. The lowest BCUT2D eigenvalue weighted by molar-refractivity contribution is -0.144. The second-order valence-electron chi connectivity index (χ2n) is 2.84. The number of hydrogen-bond donors (Lipinski definition) is 2. The van der Waals surface area contributed by atoms with Gasteiger partial charge in [0.2, 0.25) is 0 Å². The molecule has 15 heavy (non-hydrogen) atoms. The van der Waals surface area contributed by atoms with E-state index in [2.05, 4.69) is 0 Å². The molecule has 0 spiro atoms. The van der Waals surface area contributed by atoms with E-state index in [1.54, 1.807) is 0 Å². The third-order valence-corrected chi connectivity index (χ3v) is 2.19. The van der Waals surface area contributed by atoms with Crippen LogP contribution in [0.5, 0.6) is 11.5 Å². The highest BCUT2D eigenvalue weighted by atomic mass is 35.5. The van der Waals surface area contributed by atoms with E-state index in [0.717, 1.165) is 0 Å². The first-order valence-corrected chi connectivity index (χ1v) is 4.75. The number of carbonyl (C=O) groups is 1. The summed E-state index contributed by atoms with van der Waals surface area (Å²) in [7, 11) is 0. The van der Waals surface area contributed by atoms with Gasteiger partial charge in [0, 0.05) is 12.1 Å². The Morgan fingerprint density at radius 3 is 2.27 bits per heavy atom. The molecule has 0 radical (unpaired) electrons. The molecule has 0 aliphatic carbocycles. The number of hydrogen-bond acceptors (Lipinski definition) is 3. The second-order valence-corrected chi connectivity index (χ2v) is 3.65. The molecule has 1 unspecified atom stereocenters. The Morgan fingerprint density at radius 2 is 1.87 bits per heavy atom. The molecule has 1 aromatic rings. The summed E-state index contributed by atoms with van der Waals surface area (Å²) in [6, 6.07) is 2.44. The molecule has 82 valence electrons. The SMILES string of the molecule is CC(Oc1c(Cl)cc(O)cc1Cl)C(=O)O. The van der Waals surface area contributed by atoms with Gasteiger partial charge in [-0.2, -0.15) is 0 Å². The van der Waals surface area contributed by atoms with Crippen LogP contribution in [0.2, 0.25) is 10.0 Å². The minimum atomic E-state index is -1.13. The van der Waals surface area contributed by atoms with Crippen molar-refractivity contribution in [1.29, 1.82) is 0 Å². The number of aromatic hydroxyl groups is 1. The zero-order valence-electron chi connectivity index (χ0n) is 7.70. The van der Waals surface area contributed by atoms with Crippen LogP contribution in [0, 0.1) is 0 Å². The predicted octanol–water partition coefficient (Wildman–Crippen LogP) is 2.55. The summed E-state index contributed by atoms with van der Waals surface area (Å²) in [6.45, 7) is 1.35. The number of halogens is 2. The van der Waals surface area contributed by atoms with Crippen molar-refractivity contribution in [3.8, 4) is 11.5 Å². The number of phenols is 1. The van der Waals surface area contributed by atoms with E-state index in [-0.39, 0.29) is 21.5 Å². The zero-order chi connectivity index (χ0) is 11.6. The van der Waals surface area contributed by atoms with Gasteiger partial charge in [-0.25, -0.2) is 4.79 Å². The number of carboxylic acid groups (broad SMARTS) is 1. The van der Waals surface area contributed by atoms with Crippen LogP contribution < -0.4 is 4.74 Å². The first kappa shape index (κ1) is 11.9. The van der Waals surface area contributed by atoms with Crippen molar-refractivity contribution in [2.24, 2.45) is 0 Å². The van der Waals surface area contributed by atoms with Crippen molar-refractivity contribution in [2.75, 3.05) is 0 Å². The minimum absolute atomic E-state index is 0.0473. The van der Waals surface area contributed by atoms with Crippen molar-refractivity contribution in [2.45, 2.75) is 13.0 Å². The molecule has 0 aliphatic heterocycles. The molecular formula is C9H8Cl2O4. The van der Waals surface area contributed by atoms with E-state index in [1.165, 1.54) is 19.1 Å². The summed E-state index contributed by atoms with van der Waals surface area (Å²) in [5.41, 5.74) is 0. The first-order valence-electron chi connectivity index (χ1n) is 3.99. The Labute approximate surface area is 96.0 Å². The van der Waals surface area contributed by atoms with Crippen LogP contribution >= 0.6 is 23.2 Å². The van der Waals surface area contributed by atoms with E-state index in [9.17, 15) is 4.79 Å². The van der Waals surface area contributed by atoms with E-state index in [1.807, 2.05) is 0 Å². The van der Waals surface area contributed by atoms with Gasteiger partial charge in [0.1, 0.15) is 5.75 Å². The molecule has 1 aromatic carbocycles. The molecule has 0 aliphatic rings. The van der Waals surface area contributed by atoms with Crippen molar-refractivity contribution in [3.63, 3.8) is 0 Å². The second kappa shape index (κ2) is 4.59. The van der Waals surface area contributed by atoms with E-state index < -0.39 is 12.1 Å². The maximum atomic E-state index is 10.5. The number of rotatable bonds is 3. The fraction of sp³-hybridized carbons (Fsp3) is 0.222. The Kier molecular flexibility index (Phi) is 3.66. The topological polar surface area (TPSA) is 66.8 Å². The van der Waals surface area contributed by atoms with Crippen molar-refractivity contribution < 1.29 is 19.7 Å². The van der Waals surface area contributed by atoms with Gasteiger partial charge < -0.3 is 14.9 Å². The summed E-state index contributed by atoms with van der Waals surface area (Å²) in [5, 5.41) is 17.9. The Morgan fingerprint density at radius 1 is 1.40 bits per heavy atom. The van der Waals surface area contributed by atoms with Gasteiger partial charge in [-0.3, -0.25) is 0 Å². The lowest BCUT2D eigenvalue weighted by Gasteiger charge is -2.13. The molecule has 1 rings (SSSR count). The van der Waals surface area contributed by atoms with Crippen LogP contribution in [0.4, 0.5) is 0 Å². The molecule has 0 bridgehead atoms. The van der Waals surface area contributed by atoms with E-state index in [0.29, 0.717) is 0 Å². The predicted molar refractivity (Wildman–Crippen MR) is 55.9 cm³/mol. The molecule has 0 heterocycles. The molecule has 6 heteroatoms. The third kappa shape index (κ3) is 2.91. The van der Waals surface area contributed by atoms with Crippen LogP contribution in [0.25, 0.3) is 0 Å². The maximum absolute atomic E-state index is 10.5.